The van der Waals surface area contributed by atoms with Crippen LogP contribution in [-0.4, -0.2) is 29.8 Å². The van der Waals surface area contributed by atoms with Crippen molar-refractivity contribution >= 4 is 17.6 Å². The van der Waals surface area contributed by atoms with Crippen molar-refractivity contribution in [2.24, 2.45) is 0 Å². The van der Waals surface area contributed by atoms with Gasteiger partial charge >= 0.3 is 5.97 Å². The third-order valence-electron chi connectivity index (χ3n) is 3.01. The highest BCUT2D eigenvalue weighted by atomic mass is 16.8. The molecule has 0 unspecified atom stereocenters. The smallest absolute Gasteiger partial charge is 0.377 e. The summed E-state index contributed by atoms with van der Waals surface area (Å²) in [5.74, 6) is -2.49. The molecule has 0 radical (unpaired) electrons. The Kier molecular flexibility index (Phi) is 4.67. The van der Waals surface area contributed by atoms with Crippen LogP contribution in [0, 0.1) is 6.57 Å². The standard InChI is InChI=1S/C16H16N2O5/c1-16(2)22-13(15(20)23-16)9-14(19)18(21-4)10-11-5-7-12(17-3)8-6-11/h5-9H,10H2,1-2,4H3. The molecule has 0 aliphatic carbocycles. The average Bonchev–Trinajstić information content (AvgIpc) is 2.77. The number of hydroxylamine groups is 2. The number of ether oxygens (including phenoxy) is 2. The summed E-state index contributed by atoms with van der Waals surface area (Å²) in [5.41, 5.74) is 1.29. The van der Waals surface area contributed by atoms with Crippen LogP contribution in [0.25, 0.3) is 4.85 Å². The predicted octanol–water partition coefficient (Wildman–Crippen LogP) is 2.32. The lowest BCUT2D eigenvalue weighted by Crippen LogP contribution is -2.28. The van der Waals surface area contributed by atoms with Crippen molar-refractivity contribution < 1.29 is 23.9 Å². The van der Waals surface area contributed by atoms with Crippen molar-refractivity contribution in [3.63, 3.8) is 0 Å². The van der Waals surface area contributed by atoms with E-state index in [1.54, 1.807) is 38.1 Å². The van der Waals surface area contributed by atoms with E-state index in [0.717, 1.165) is 16.7 Å². The molecular formula is C16H16N2O5. The van der Waals surface area contributed by atoms with E-state index in [9.17, 15) is 9.59 Å². The molecule has 7 nitrogen and oxygen atoms in total. The Morgan fingerprint density at radius 3 is 2.48 bits per heavy atom. The summed E-state index contributed by atoms with van der Waals surface area (Å²) < 4.78 is 10.2. The van der Waals surface area contributed by atoms with E-state index in [4.69, 9.17) is 20.9 Å². The van der Waals surface area contributed by atoms with Gasteiger partial charge in [0.15, 0.2) is 5.69 Å². The zero-order valence-electron chi connectivity index (χ0n) is 13.0. The van der Waals surface area contributed by atoms with Gasteiger partial charge < -0.3 is 9.47 Å². The van der Waals surface area contributed by atoms with Crippen LogP contribution >= 0.6 is 0 Å². The van der Waals surface area contributed by atoms with Crippen molar-refractivity contribution in [1.82, 2.24) is 5.06 Å². The fraction of sp³-hybridized carbons (Fsp3) is 0.312. The van der Waals surface area contributed by atoms with E-state index in [-0.39, 0.29) is 12.3 Å². The fourth-order valence-corrected chi connectivity index (χ4v) is 1.95. The quantitative estimate of drug-likeness (QED) is 0.369. The number of esters is 1. The van der Waals surface area contributed by atoms with Crippen LogP contribution in [0.1, 0.15) is 19.4 Å². The van der Waals surface area contributed by atoms with Gasteiger partial charge in [0.2, 0.25) is 11.5 Å². The second kappa shape index (κ2) is 6.50. The number of cyclic esters (lactones) is 1. The number of amides is 1. The number of rotatable bonds is 4. The Balaban J connectivity index is 2.09. The lowest BCUT2D eigenvalue weighted by atomic mass is 10.2. The molecule has 2 rings (SSSR count). The molecule has 0 N–H and O–H groups in total. The third-order valence-corrected chi connectivity index (χ3v) is 3.01. The first-order chi connectivity index (χ1) is 10.8. The highest BCUT2D eigenvalue weighted by Crippen LogP contribution is 2.26. The highest BCUT2D eigenvalue weighted by Gasteiger charge is 2.38. The molecule has 23 heavy (non-hydrogen) atoms. The number of carbonyl (C=O) groups excluding carboxylic acids is 2. The molecule has 1 heterocycles. The minimum absolute atomic E-state index is 0.162. The molecular weight excluding hydrogens is 300 g/mol. The number of benzene rings is 1. The number of nitrogens with zero attached hydrogens (tertiary/aromatic N) is 2. The Morgan fingerprint density at radius 2 is 2.00 bits per heavy atom. The molecule has 120 valence electrons. The topological polar surface area (TPSA) is 69.4 Å². The number of hydrogen-bond acceptors (Lipinski definition) is 5. The van der Waals surface area contributed by atoms with E-state index in [1.807, 2.05) is 0 Å². The van der Waals surface area contributed by atoms with E-state index in [0.29, 0.717) is 5.69 Å². The highest BCUT2D eigenvalue weighted by molar-refractivity contribution is 5.97. The van der Waals surface area contributed by atoms with E-state index < -0.39 is 17.7 Å². The summed E-state index contributed by atoms with van der Waals surface area (Å²) in [6.45, 7) is 10.2. The Labute approximate surface area is 133 Å². The Morgan fingerprint density at radius 1 is 1.35 bits per heavy atom. The summed E-state index contributed by atoms with van der Waals surface area (Å²) in [4.78, 5) is 32.2. The van der Waals surface area contributed by atoms with Gasteiger partial charge in [0.05, 0.1) is 26.3 Å². The molecule has 7 heteroatoms. The SMILES string of the molecule is [C-]#[N+]c1ccc(CN(OC)C(=O)C=C2OC(C)(C)OC2=O)cc1. The van der Waals surface area contributed by atoms with Gasteiger partial charge in [-0.3, -0.25) is 9.63 Å². The molecule has 0 spiro atoms. The zero-order valence-corrected chi connectivity index (χ0v) is 13.0. The average molecular weight is 316 g/mol. The van der Waals surface area contributed by atoms with Gasteiger partial charge in [0, 0.05) is 13.8 Å². The molecule has 1 aromatic rings. The molecule has 1 amide bonds. The van der Waals surface area contributed by atoms with Gasteiger partial charge in [-0.2, -0.15) is 0 Å². The first-order valence-electron chi connectivity index (χ1n) is 6.80. The molecule has 0 atom stereocenters. The molecule has 1 aliphatic heterocycles. The van der Waals surface area contributed by atoms with Gasteiger partial charge in [0.1, 0.15) is 0 Å². The van der Waals surface area contributed by atoms with Crippen molar-refractivity contribution in [2.75, 3.05) is 7.11 Å². The molecule has 1 saturated heterocycles. The Bertz CT molecular complexity index is 685. The van der Waals surface area contributed by atoms with Crippen LogP contribution < -0.4 is 0 Å². The summed E-state index contributed by atoms with van der Waals surface area (Å²) in [7, 11) is 1.35. The summed E-state index contributed by atoms with van der Waals surface area (Å²) in [5, 5.41) is 1.07. The van der Waals surface area contributed by atoms with Crippen molar-refractivity contribution in [1.29, 1.82) is 0 Å². The van der Waals surface area contributed by atoms with Crippen LogP contribution in [0.5, 0.6) is 0 Å². The fourth-order valence-electron chi connectivity index (χ4n) is 1.95. The van der Waals surface area contributed by atoms with Gasteiger partial charge in [-0.05, 0) is 5.56 Å². The first-order valence-corrected chi connectivity index (χ1v) is 6.80. The van der Waals surface area contributed by atoms with Gasteiger partial charge in [-0.1, -0.05) is 24.3 Å². The lowest BCUT2D eigenvalue weighted by Gasteiger charge is -2.18. The van der Waals surface area contributed by atoms with Gasteiger partial charge in [-0.15, -0.1) is 0 Å². The molecule has 0 saturated carbocycles. The summed E-state index contributed by atoms with van der Waals surface area (Å²) >= 11 is 0. The van der Waals surface area contributed by atoms with Crippen LogP contribution in [0.2, 0.25) is 0 Å². The molecule has 0 aromatic heterocycles. The largest absolute Gasteiger partial charge is 0.445 e. The third kappa shape index (κ3) is 4.08. The van der Waals surface area contributed by atoms with Crippen LogP contribution in [0.3, 0.4) is 0 Å². The maximum atomic E-state index is 12.2. The lowest BCUT2D eigenvalue weighted by molar-refractivity contribution is -0.173. The van der Waals surface area contributed by atoms with Gasteiger partial charge in [0.25, 0.3) is 5.91 Å². The minimum atomic E-state index is -1.09. The van der Waals surface area contributed by atoms with Gasteiger partial charge in [-0.25, -0.2) is 14.7 Å². The number of carbonyl (C=O) groups is 2. The van der Waals surface area contributed by atoms with Crippen LogP contribution in [0.15, 0.2) is 36.1 Å². The second-order valence-corrected chi connectivity index (χ2v) is 5.24. The monoisotopic (exact) mass is 316 g/mol. The van der Waals surface area contributed by atoms with Crippen LogP contribution in [0.4, 0.5) is 5.69 Å². The minimum Gasteiger partial charge on any atom is -0.445 e. The molecule has 1 aliphatic rings. The van der Waals surface area contributed by atoms with E-state index >= 15 is 0 Å². The van der Waals surface area contributed by atoms with Crippen molar-refractivity contribution in [3.05, 3.63) is 53.1 Å². The van der Waals surface area contributed by atoms with Crippen molar-refractivity contribution in [2.45, 2.75) is 26.2 Å². The summed E-state index contributed by atoms with van der Waals surface area (Å²) in [6.07, 6.45) is 1.04. The predicted molar refractivity (Wildman–Crippen MR) is 79.6 cm³/mol. The number of hydrogen-bond donors (Lipinski definition) is 0. The molecule has 1 fully saturated rings. The van der Waals surface area contributed by atoms with E-state index in [1.165, 1.54) is 7.11 Å². The maximum absolute atomic E-state index is 12.2. The first kappa shape index (κ1) is 16.5. The Hall–Kier alpha value is -2.85. The zero-order chi connectivity index (χ0) is 17.0. The molecule has 0 bridgehead atoms. The van der Waals surface area contributed by atoms with Crippen LogP contribution in [-0.2, 0) is 30.4 Å². The second-order valence-electron chi connectivity index (χ2n) is 5.24. The normalized spacial score (nSPS) is 17.3. The molecule has 1 aromatic carbocycles. The summed E-state index contributed by atoms with van der Waals surface area (Å²) in [6, 6.07) is 6.75. The van der Waals surface area contributed by atoms with Crippen molar-refractivity contribution in [3.8, 4) is 0 Å². The van der Waals surface area contributed by atoms with E-state index in [2.05, 4.69) is 4.85 Å². The maximum Gasteiger partial charge on any atom is 0.377 e.